The lowest BCUT2D eigenvalue weighted by Crippen LogP contribution is -1.91. The zero-order valence-corrected chi connectivity index (χ0v) is 10.7. The summed E-state index contributed by atoms with van der Waals surface area (Å²) >= 11 is 11.7. The van der Waals surface area contributed by atoms with Gasteiger partial charge in [0, 0.05) is 12.1 Å². The number of rotatable bonds is 2. The fourth-order valence-electron chi connectivity index (χ4n) is 1.38. The van der Waals surface area contributed by atoms with Crippen LogP contribution in [-0.2, 0) is 0 Å². The molecule has 0 aliphatic heterocycles. The second kappa shape index (κ2) is 5.18. The summed E-state index contributed by atoms with van der Waals surface area (Å²) in [5, 5.41) is 9.64. The van der Waals surface area contributed by atoms with Gasteiger partial charge in [-0.1, -0.05) is 23.2 Å². The van der Waals surface area contributed by atoms with Crippen LogP contribution in [0.15, 0.2) is 36.4 Å². The van der Waals surface area contributed by atoms with Gasteiger partial charge in [-0.25, -0.2) is 0 Å². The lowest BCUT2D eigenvalue weighted by Gasteiger charge is -2.07. The topological polar surface area (TPSA) is 59.0 Å². The molecule has 0 atom stereocenters. The Kier molecular flexibility index (Phi) is 3.61. The van der Waals surface area contributed by atoms with E-state index >= 15 is 0 Å². The average Bonchev–Trinajstić information content (AvgIpc) is 2.34. The highest BCUT2D eigenvalue weighted by atomic mass is 35.5. The monoisotopic (exact) mass is 278 g/mol. The van der Waals surface area contributed by atoms with Gasteiger partial charge in [0.05, 0.1) is 21.3 Å². The number of hydrogen-bond donors (Lipinski definition) is 1. The van der Waals surface area contributed by atoms with Gasteiger partial charge < -0.3 is 10.5 Å². The molecule has 0 saturated heterocycles. The Morgan fingerprint density at radius 1 is 1.00 bits per heavy atom. The van der Waals surface area contributed by atoms with Gasteiger partial charge in [-0.15, -0.1) is 0 Å². The Morgan fingerprint density at radius 3 is 2.28 bits per heavy atom. The molecular weight excluding hydrogens is 271 g/mol. The SMILES string of the molecule is N#Cc1ccc(Oc2ccc(Cl)c(Cl)c2)cc1N. The highest BCUT2D eigenvalue weighted by Crippen LogP contribution is 2.30. The normalized spacial score (nSPS) is 9.83. The van der Waals surface area contributed by atoms with Crippen LogP contribution in [0.4, 0.5) is 5.69 Å². The van der Waals surface area contributed by atoms with Gasteiger partial charge in [-0.3, -0.25) is 0 Å². The third kappa shape index (κ3) is 2.67. The van der Waals surface area contributed by atoms with Crippen molar-refractivity contribution < 1.29 is 4.74 Å². The predicted octanol–water partition coefficient (Wildman–Crippen LogP) is 4.24. The molecule has 0 aromatic heterocycles. The summed E-state index contributed by atoms with van der Waals surface area (Å²) in [5.74, 6) is 1.08. The quantitative estimate of drug-likeness (QED) is 0.836. The predicted molar refractivity (Wildman–Crippen MR) is 72.1 cm³/mol. The molecular formula is C13H8Cl2N2O. The average molecular weight is 279 g/mol. The molecule has 2 aromatic rings. The first-order valence-corrected chi connectivity index (χ1v) is 5.78. The minimum atomic E-state index is 0.370. The van der Waals surface area contributed by atoms with Crippen molar-refractivity contribution in [2.75, 3.05) is 5.73 Å². The van der Waals surface area contributed by atoms with Gasteiger partial charge in [-0.2, -0.15) is 5.26 Å². The lowest BCUT2D eigenvalue weighted by molar-refractivity contribution is 0.483. The number of nitrogens with zero attached hydrogens (tertiary/aromatic N) is 1. The van der Waals surface area contributed by atoms with E-state index in [0.29, 0.717) is 32.8 Å². The summed E-state index contributed by atoms with van der Waals surface area (Å²) in [6, 6.07) is 11.8. The number of hydrogen-bond acceptors (Lipinski definition) is 3. The third-order valence-electron chi connectivity index (χ3n) is 2.27. The molecule has 18 heavy (non-hydrogen) atoms. The van der Waals surface area contributed by atoms with Crippen LogP contribution < -0.4 is 10.5 Å². The summed E-state index contributed by atoms with van der Waals surface area (Å²) < 4.78 is 5.56. The molecule has 0 bridgehead atoms. The molecule has 0 radical (unpaired) electrons. The van der Waals surface area contributed by atoms with Crippen LogP contribution in [0.2, 0.25) is 10.0 Å². The molecule has 2 N–H and O–H groups in total. The van der Waals surface area contributed by atoms with E-state index in [2.05, 4.69) is 0 Å². The number of halogens is 2. The number of anilines is 1. The van der Waals surface area contributed by atoms with Gasteiger partial charge in [-0.05, 0) is 24.3 Å². The molecule has 2 aromatic carbocycles. The number of nitriles is 1. The molecule has 0 spiro atoms. The van der Waals surface area contributed by atoms with Gasteiger partial charge in [0.25, 0.3) is 0 Å². The number of nitrogens with two attached hydrogens (primary N) is 1. The lowest BCUT2D eigenvalue weighted by atomic mass is 10.2. The maximum absolute atomic E-state index is 8.76. The van der Waals surface area contributed by atoms with E-state index in [1.54, 1.807) is 36.4 Å². The Balaban J connectivity index is 2.26. The van der Waals surface area contributed by atoms with Crippen molar-refractivity contribution in [3.63, 3.8) is 0 Å². The second-order valence-electron chi connectivity index (χ2n) is 3.54. The van der Waals surface area contributed by atoms with E-state index in [4.69, 9.17) is 38.9 Å². The summed E-state index contributed by atoms with van der Waals surface area (Å²) in [6.07, 6.45) is 0. The third-order valence-corrected chi connectivity index (χ3v) is 3.01. The van der Waals surface area contributed by atoms with Crippen molar-refractivity contribution in [1.29, 1.82) is 5.26 Å². The van der Waals surface area contributed by atoms with Crippen molar-refractivity contribution in [2.24, 2.45) is 0 Å². The van der Waals surface area contributed by atoms with Crippen LogP contribution in [0.25, 0.3) is 0 Å². The first kappa shape index (κ1) is 12.6. The maximum Gasteiger partial charge on any atom is 0.129 e. The fourth-order valence-corrected chi connectivity index (χ4v) is 1.67. The molecule has 90 valence electrons. The van der Waals surface area contributed by atoms with E-state index in [9.17, 15) is 0 Å². The van der Waals surface area contributed by atoms with Crippen LogP contribution in [-0.4, -0.2) is 0 Å². The standard InChI is InChI=1S/C13H8Cl2N2O/c14-11-4-3-9(5-12(11)15)18-10-2-1-8(7-16)13(17)6-10/h1-6H,17H2. The van der Waals surface area contributed by atoms with E-state index in [-0.39, 0.29) is 0 Å². The van der Waals surface area contributed by atoms with Gasteiger partial charge >= 0.3 is 0 Å². The highest BCUT2D eigenvalue weighted by molar-refractivity contribution is 6.42. The molecule has 0 heterocycles. The Bertz CT molecular complexity index is 635. The van der Waals surface area contributed by atoms with Crippen LogP contribution in [0.1, 0.15) is 5.56 Å². The molecule has 0 amide bonds. The summed E-state index contributed by atoms with van der Waals surface area (Å²) in [4.78, 5) is 0. The number of nitrogen functional groups attached to an aromatic ring is 1. The van der Waals surface area contributed by atoms with Crippen LogP contribution in [0.3, 0.4) is 0 Å². The first-order valence-electron chi connectivity index (χ1n) is 5.02. The highest BCUT2D eigenvalue weighted by Gasteiger charge is 2.04. The van der Waals surface area contributed by atoms with E-state index < -0.39 is 0 Å². The Hall–Kier alpha value is -1.89. The molecule has 0 aliphatic rings. The summed E-state index contributed by atoms with van der Waals surface area (Å²) in [6.45, 7) is 0. The zero-order chi connectivity index (χ0) is 13.1. The van der Waals surface area contributed by atoms with Crippen molar-refractivity contribution in [3.8, 4) is 17.6 Å². The van der Waals surface area contributed by atoms with Crippen LogP contribution >= 0.6 is 23.2 Å². The Labute approximate surface area is 114 Å². The van der Waals surface area contributed by atoms with Gasteiger partial charge in [0.15, 0.2) is 0 Å². The molecule has 2 rings (SSSR count). The van der Waals surface area contributed by atoms with Gasteiger partial charge in [0.2, 0.25) is 0 Å². The Morgan fingerprint density at radius 2 is 1.67 bits per heavy atom. The summed E-state index contributed by atoms with van der Waals surface area (Å²) in [5.41, 5.74) is 6.47. The van der Waals surface area contributed by atoms with Gasteiger partial charge in [0.1, 0.15) is 17.6 Å². The zero-order valence-electron chi connectivity index (χ0n) is 9.15. The van der Waals surface area contributed by atoms with Crippen LogP contribution in [0.5, 0.6) is 11.5 Å². The van der Waals surface area contributed by atoms with E-state index in [0.717, 1.165) is 0 Å². The van der Waals surface area contributed by atoms with E-state index in [1.807, 2.05) is 6.07 Å². The minimum Gasteiger partial charge on any atom is -0.457 e. The van der Waals surface area contributed by atoms with Crippen molar-refractivity contribution in [1.82, 2.24) is 0 Å². The number of benzene rings is 2. The van der Waals surface area contributed by atoms with Crippen molar-refractivity contribution in [3.05, 3.63) is 52.0 Å². The molecule has 3 nitrogen and oxygen atoms in total. The molecule has 0 aliphatic carbocycles. The van der Waals surface area contributed by atoms with Crippen molar-refractivity contribution in [2.45, 2.75) is 0 Å². The fraction of sp³-hybridized carbons (Fsp3) is 0. The second-order valence-corrected chi connectivity index (χ2v) is 4.35. The smallest absolute Gasteiger partial charge is 0.129 e. The van der Waals surface area contributed by atoms with Crippen molar-refractivity contribution >= 4 is 28.9 Å². The molecule has 0 saturated carbocycles. The summed E-state index contributed by atoms with van der Waals surface area (Å²) in [7, 11) is 0. The minimum absolute atomic E-state index is 0.370. The van der Waals surface area contributed by atoms with Crippen LogP contribution in [0, 0.1) is 11.3 Å². The number of ether oxygens (including phenoxy) is 1. The molecule has 5 heteroatoms. The van der Waals surface area contributed by atoms with E-state index in [1.165, 1.54) is 0 Å². The maximum atomic E-state index is 8.76. The molecule has 0 unspecified atom stereocenters. The molecule has 0 fully saturated rings. The first-order chi connectivity index (χ1) is 8.60. The largest absolute Gasteiger partial charge is 0.457 e.